The maximum atomic E-state index is 12.6. The minimum Gasteiger partial charge on any atom is -0.458 e. The van der Waals surface area contributed by atoms with E-state index in [1.165, 1.54) is 10.5 Å². The van der Waals surface area contributed by atoms with E-state index in [9.17, 15) is 14.4 Å². The van der Waals surface area contributed by atoms with Gasteiger partial charge in [0.2, 0.25) is 5.91 Å². The third-order valence-corrected chi connectivity index (χ3v) is 4.67. The van der Waals surface area contributed by atoms with Gasteiger partial charge in [0.15, 0.2) is 0 Å². The second kappa shape index (κ2) is 9.35. The molecule has 1 aromatic carbocycles. The van der Waals surface area contributed by atoms with Crippen LogP contribution in [0.3, 0.4) is 0 Å². The normalized spacial score (nSPS) is 12.0. The Morgan fingerprint density at radius 1 is 1.13 bits per heavy atom. The lowest BCUT2D eigenvalue weighted by Gasteiger charge is -2.21. The average molecular weight is 407 g/mol. The van der Waals surface area contributed by atoms with Crippen LogP contribution in [-0.2, 0) is 27.4 Å². The van der Waals surface area contributed by atoms with Gasteiger partial charge < -0.3 is 10.1 Å². The predicted octanol–water partition coefficient (Wildman–Crippen LogP) is 2.43. The van der Waals surface area contributed by atoms with Crippen LogP contribution in [0.4, 0.5) is 0 Å². The number of aromatic nitrogens is 2. The van der Waals surface area contributed by atoms with Crippen LogP contribution in [0.1, 0.15) is 30.7 Å². The van der Waals surface area contributed by atoms with Crippen molar-refractivity contribution < 1.29 is 14.3 Å². The number of amides is 1. The number of nitrogens with zero attached hydrogens (tertiary/aromatic N) is 2. The van der Waals surface area contributed by atoms with Gasteiger partial charge >= 0.3 is 5.97 Å². The molecule has 3 rings (SSSR count). The van der Waals surface area contributed by atoms with Crippen molar-refractivity contribution in [2.75, 3.05) is 0 Å². The van der Waals surface area contributed by atoms with Crippen LogP contribution < -0.4 is 10.9 Å². The Morgan fingerprint density at radius 2 is 1.87 bits per heavy atom. The SMILES string of the molecule is Cc1ccc2nc(COC(=O)[C@H](NC(=O)Cc3ccccc3)C(C)C)cc(=O)n2c1. The van der Waals surface area contributed by atoms with Crippen LogP contribution in [0.25, 0.3) is 5.65 Å². The lowest BCUT2D eigenvalue weighted by Crippen LogP contribution is -2.45. The molecule has 1 amide bonds. The molecule has 156 valence electrons. The summed E-state index contributed by atoms with van der Waals surface area (Å²) in [6, 6.07) is 13.5. The number of rotatable bonds is 7. The first-order chi connectivity index (χ1) is 14.3. The fraction of sp³-hybridized carbons (Fsp3) is 0.304. The smallest absolute Gasteiger partial charge is 0.329 e. The van der Waals surface area contributed by atoms with E-state index >= 15 is 0 Å². The molecule has 2 aromatic heterocycles. The standard InChI is InChI=1S/C23H25N3O4/c1-15(2)22(25-20(27)11-17-7-5-4-6-8-17)23(29)30-14-18-12-21(28)26-13-16(3)9-10-19(26)24-18/h4-10,12-13,15,22H,11,14H2,1-3H3,(H,25,27)/t22-/m1/s1. The van der Waals surface area contributed by atoms with E-state index in [2.05, 4.69) is 10.3 Å². The number of fused-ring (bicyclic) bond motifs is 1. The number of esters is 1. The second-order valence-electron chi connectivity index (χ2n) is 7.58. The van der Waals surface area contributed by atoms with E-state index in [4.69, 9.17) is 4.74 Å². The van der Waals surface area contributed by atoms with E-state index in [1.807, 2.05) is 57.2 Å². The van der Waals surface area contributed by atoms with Gasteiger partial charge in [-0.3, -0.25) is 14.0 Å². The molecule has 0 aliphatic carbocycles. The van der Waals surface area contributed by atoms with Crippen molar-refractivity contribution in [3.63, 3.8) is 0 Å². The van der Waals surface area contributed by atoms with Gasteiger partial charge in [-0.15, -0.1) is 0 Å². The summed E-state index contributed by atoms with van der Waals surface area (Å²) in [4.78, 5) is 41.6. The number of pyridine rings is 1. The van der Waals surface area contributed by atoms with Crippen LogP contribution in [0.5, 0.6) is 0 Å². The van der Waals surface area contributed by atoms with E-state index in [0.717, 1.165) is 11.1 Å². The Kier molecular flexibility index (Phi) is 6.61. The maximum Gasteiger partial charge on any atom is 0.329 e. The summed E-state index contributed by atoms with van der Waals surface area (Å²) in [6.07, 6.45) is 1.89. The molecule has 0 spiro atoms. The molecule has 1 atom stereocenters. The minimum atomic E-state index is -0.787. The van der Waals surface area contributed by atoms with Gasteiger partial charge in [0.25, 0.3) is 5.56 Å². The zero-order valence-electron chi connectivity index (χ0n) is 17.3. The summed E-state index contributed by atoms with van der Waals surface area (Å²) >= 11 is 0. The molecule has 0 aliphatic rings. The second-order valence-corrected chi connectivity index (χ2v) is 7.58. The topological polar surface area (TPSA) is 89.8 Å². The Labute approximate surface area is 174 Å². The van der Waals surface area contributed by atoms with Crippen molar-refractivity contribution in [1.82, 2.24) is 14.7 Å². The Balaban J connectivity index is 1.65. The molecule has 1 N–H and O–H groups in total. The third-order valence-electron chi connectivity index (χ3n) is 4.67. The van der Waals surface area contributed by atoms with E-state index in [-0.39, 0.29) is 30.4 Å². The Morgan fingerprint density at radius 3 is 2.57 bits per heavy atom. The van der Waals surface area contributed by atoms with Gasteiger partial charge in [-0.25, -0.2) is 9.78 Å². The van der Waals surface area contributed by atoms with Gasteiger partial charge in [0.1, 0.15) is 18.3 Å². The molecule has 0 aliphatic heterocycles. The molecule has 3 aromatic rings. The van der Waals surface area contributed by atoms with Crippen LogP contribution in [0.2, 0.25) is 0 Å². The predicted molar refractivity (Wildman–Crippen MR) is 113 cm³/mol. The molecule has 0 unspecified atom stereocenters. The molecule has 30 heavy (non-hydrogen) atoms. The zero-order valence-corrected chi connectivity index (χ0v) is 17.3. The highest BCUT2D eigenvalue weighted by atomic mass is 16.5. The number of ether oxygens (including phenoxy) is 1. The number of aryl methyl sites for hydroxylation is 1. The molecule has 2 heterocycles. The highest BCUT2D eigenvalue weighted by molar-refractivity contribution is 5.85. The first kappa shape index (κ1) is 21.2. The Hall–Kier alpha value is -3.48. The fourth-order valence-corrected chi connectivity index (χ4v) is 3.07. The Bertz CT molecular complexity index is 1110. The molecular weight excluding hydrogens is 382 g/mol. The lowest BCUT2D eigenvalue weighted by atomic mass is 10.0. The highest BCUT2D eigenvalue weighted by Gasteiger charge is 2.26. The summed E-state index contributed by atoms with van der Waals surface area (Å²) in [5, 5.41) is 2.75. The van der Waals surface area contributed by atoms with Crippen molar-refractivity contribution in [2.24, 2.45) is 5.92 Å². The van der Waals surface area contributed by atoms with Crippen molar-refractivity contribution in [3.8, 4) is 0 Å². The van der Waals surface area contributed by atoms with Gasteiger partial charge in [0, 0.05) is 12.3 Å². The average Bonchev–Trinajstić information content (AvgIpc) is 2.71. The molecule has 0 bridgehead atoms. The number of nitrogens with one attached hydrogen (secondary N) is 1. The monoisotopic (exact) mass is 407 g/mol. The molecule has 7 heteroatoms. The van der Waals surface area contributed by atoms with E-state index in [0.29, 0.717) is 11.3 Å². The maximum absolute atomic E-state index is 12.6. The summed E-state index contributed by atoms with van der Waals surface area (Å²) in [6.45, 7) is 5.41. The number of hydrogen-bond acceptors (Lipinski definition) is 5. The van der Waals surface area contributed by atoms with Gasteiger partial charge in [-0.2, -0.15) is 0 Å². The van der Waals surface area contributed by atoms with Crippen molar-refractivity contribution >= 4 is 17.5 Å². The number of carbonyl (C=O) groups is 2. The highest BCUT2D eigenvalue weighted by Crippen LogP contribution is 2.08. The van der Waals surface area contributed by atoms with Crippen LogP contribution in [0.15, 0.2) is 59.5 Å². The quantitative estimate of drug-likeness (QED) is 0.608. The van der Waals surface area contributed by atoms with Crippen molar-refractivity contribution in [2.45, 2.75) is 39.8 Å². The van der Waals surface area contributed by atoms with E-state index in [1.54, 1.807) is 12.3 Å². The van der Waals surface area contributed by atoms with Crippen LogP contribution in [-0.4, -0.2) is 27.3 Å². The van der Waals surface area contributed by atoms with E-state index < -0.39 is 12.0 Å². The molecule has 7 nitrogen and oxygen atoms in total. The minimum absolute atomic E-state index is 0.143. The first-order valence-corrected chi connectivity index (χ1v) is 9.82. The molecule has 0 radical (unpaired) electrons. The van der Waals surface area contributed by atoms with Gasteiger partial charge in [-0.05, 0) is 30.0 Å². The summed E-state index contributed by atoms with van der Waals surface area (Å²) in [5.41, 5.74) is 2.40. The largest absolute Gasteiger partial charge is 0.458 e. The first-order valence-electron chi connectivity index (χ1n) is 9.82. The summed E-state index contributed by atoms with van der Waals surface area (Å²) in [7, 11) is 0. The third kappa shape index (κ3) is 5.31. The zero-order chi connectivity index (χ0) is 21.7. The molecule has 0 fully saturated rings. The van der Waals surface area contributed by atoms with Crippen molar-refractivity contribution in [3.05, 3.63) is 81.9 Å². The molecular formula is C23H25N3O4. The summed E-state index contributed by atoms with van der Waals surface area (Å²) < 4.78 is 6.81. The number of benzene rings is 1. The summed E-state index contributed by atoms with van der Waals surface area (Å²) in [5.74, 6) is -0.970. The van der Waals surface area contributed by atoms with Crippen LogP contribution >= 0.6 is 0 Å². The fourth-order valence-electron chi connectivity index (χ4n) is 3.07. The molecule has 0 saturated heterocycles. The van der Waals surface area contributed by atoms with Crippen molar-refractivity contribution in [1.29, 1.82) is 0 Å². The lowest BCUT2D eigenvalue weighted by molar-refractivity contribution is -0.150. The molecule has 0 saturated carbocycles. The van der Waals surface area contributed by atoms with Crippen LogP contribution in [0, 0.1) is 12.8 Å². The number of hydrogen-bond donors (Lipinski definition) is 1. The number of carbonyl (C=O) groups excluding carboxylic acids is 2. The van der Waals surface area contributed by atoms with Gasteiger partial charge in [-0.1, -0.05) is 50.2 Å². The van der Waals surface area contributed by atoms with Gasteiger partial charge in [0.05, 0.1) is 12.1 Å².